The van der Waals surface area contributed by atoms with Gasteiger partial charge in [0.05, 0.1) is 31.1 Å². The van der Waals surface area contributed by atoms with E-state index in [9.17, 15) is 9.59 Å². The van der Waals surface area contributed by atoms with Crippen molar-refractivity contribution in [1.29, 1.82) is 0 Å². The number of likely N-dealkylation sites (tertiary alicyclic amines) is 1. The van der Waals surface area contributed by atoms with Gasteiger partial charge in [0.1, 0.15) is 26.5 Å². The molecular weight excluding hydrogens is 562 g/mol. The van der Waals surface area contributed by atoms with Crippen molar-refractivity contribution >= 4 is 44.3 Å². The van der Waals surface area contributed by atoms with E-state index in [4.69, 9.17) is 14.5 Å². The molecule has 5 aromatic rings. The molecule has 0 saturated carbocycles. The van der Waals surface area contributed by atoms with Gasteiger partial charge in [0, 0.05) is 42.6 Å². The predicted molar refractivity (Wildman–Crippen MR) is 163 cm³/mol. The monoisotopic (exact) mass is 591 g/mol. The number of thiophene rings is 1. The lowest BCUT2D eigenvalue weighted by Crippen LogP contribution is -2.34. The van der Waals surface area contributed by atoms with Crippen molar-refractivity contribution in [1.82, 2.24) is 24.4 Å². The number of ether oxygens (including phenoxy) is 2. The smallest absolute Gasteiger partial charge is 0.328 e. The van der Waals surface area contributed by atoms with E-state index in [2.05, 4.69) is 14.9 Å². The number of hydrogen-bond donors (Lipinski definition) is 1. The highest BCUT2D eigenvalue weighted by atomic mass is 35.5. The summed E-state index contributed by atoms with van der Waals surface area (Å²) in [5.41, 5.74) is 3.15. The summed E-state index contributed by atoms with van der Waals surface area (Å²) in [5.74, 6) is 2.66. The third kappa shape index (κ3) is 4.90. The van der Waals surface area contributed by atoms with Gasteiger partial charge in [-0.1, -0.05) is 36.4 Å². The maximum absolute atomic E-state index is 13.3. The molecule has 1 fully saturated rings. The Kier molecular flexibility index (Phi) is 7.54. The summed E-state index contributed by atoms with van der Waals surface area (Å²) in [7, 11) is 1.71. The van der Waals surface area contributed by atoms with Crippen LogP contribution < -0.4 is 20.7 Å². The summed E-state index contributed by atoms with van der Waals surface area (Å²) in [6.07, 6.45) is 3.33. The second-order valence-electron chi connectivity index (χ2n) is 10.5. The van der Waals surface area contributed by atoms with E-state index in [0.29, 0.717) is 44.6 Å². The Morgan fingerprint density at radius 3 is 2.73 bits per heavy atom. The van der Waals surface area contributed by atoms with Crippen LogP contribution in [0.15, 0.2) is 64.3 Å². The summed E-state index contributed by atoms with van der Waals surface area (Å²) in [4.78, 5) is 41.6. The van der Waals surface area contributed by atoms with Crippen molar-refractivity contribution in [2.45, 2.75) is 25.3 Å². The van der Waals surface area contributed by atoms with E-state index in [1.807, 2.05) is 48.5 Å². The number of aromatic amines is 1. The number of H-pyrrole nitrogens is 1. The summed E-state index contributed by atoms with van der Waals surface area (Å²) >= 11 is 1.28. The molecule has 0 amide bonds. The number of nitrogens with zero attached hydrogens (tertiary/aromatic N) is 4. The molecule has 1 N–H and O–H groups in total. The molecule has 5 heterocycles. The molecule has 41 heavy (non-hydrogen) atoms. The van der Waals surface area contributed by atoms with Crippen molar-refractivity contribution in [3.8, 4) is 22.8 Å². The van der Waals surface area contributed by atoms with E-state index in [-0.39, 0.29) is 18.0 Å². The highest BCUT2D eigenvalue weighted by Crippen LogP contribution is 2.46. The molecular formula is C30H30ClN5O4S. The number of benzene rings is 2. The fourth-order valence-corrected chi connectivity index (χ4v) is 7.10. The van der Waals surface area contributed by atoms with E-state index in [0.717, 1.165) is 56.1 Å². The van der Waals surface area contributed by atoms with Gasteiger partial charge in [-0.3, -0.25) is 9.36 Å². The lowest BCUT2D eigenvalue weighted by molar-refractivity contribution is 0.209. The van der Waals surface area contributed by atoms with Crippen LogP contribution in [0, 0.1) is 5.92 Å². The Morgan fingerprint density at radius 1 is 1.07 bits per heavy atom. The number of aromatic nitrogens is 4. The number of methoxy groups -OCH3 is 1. The van der Waals surface area contributed by atoms with Crippen LogP contribution in [0.4, 0.5) is 0 Å². The summed E-state index contributed by atoms with van der Waals surface area (Å²) in [5, 5.41) is 0. The fraction of sp³-hybridized carbons (Fsp3) is 0.333. The molecule has 2 atom stereocenters. The molecule has 0 spiro atoms. The van der Waals surface area contributed by atoms with Crippen LogP contribution in [0.5, 0.6) is 11.5 Å². The van der Waals surface area contributed by atoms with Gasteiger partial charge in [-0.2, -0.15) is 0 Å². The molecule has 7 rings (SSSR count). The van der Waals surface area contributed by atoms with Gasteiger partial charge in [-0.05, 0) is 31.5 Å². The summed E-state index contributed by atoms with van der Waals surface area (Å²) in [6.45, 7) is 3.93. The number of halogens is 1. The quantitative estimate of drug-likeness (QED) is 0.274. The number of rotatable bonds is 7. The summed E-state index contributed by atoms with van der Waals surface area (Å²) < 4.78 is 13.5. The minimum Gasteiger partial charge on any atom is -0.496 e. The normalized spacial score (nSPS) is 18.1. The molecule has 0 aliphatic carbocycles. The van der Waals surface area contributed by atoms with E-state index in [1.165, 1.54) is 21.5 Å². The first-order chi connectivity index (χ1) is 19.6. The molecule has 3 aromatic heterocycles. The Hall–Kier alpha value is -3.73. The Bertz CT molecular complexity index is 1820. The van der Waals surface area contributed by atoms with Crippen LogP contribution in [0.25, 0.3) is 31.8 Å². The molecule has 9 nitrogen and oxygen atoms in total. The minimum absolute atomic E-state index is 0. The lowest BCUT2D eigenvalue weighted by Gasteiger charge is -2.29. The zero-order chi connectivity index (χ0) is 27.2. The van der Waals surface area contributed by atoms with Crippen molar-refractivity contribution in [3.63, 3.8) is 0 Å². The molecule has 11 heteroatoms. The van der Waals surface area contributed by atoms with Crippen LogP contribution in [0.3, 0.4) is 0 Å². The first-order valence-electron chi connectivity index (χ1n) is 13.6. The molecule has 1 saturated heterocycles. The van der Waals surface area contributed by atoms with Crippen LogP contribution in [-0.2, 0) is 6.54 Å². The zero-order valence-corrected chi connectivity index (χ0v) is 24.2. The standard InChI is InChI=1S/C30H29N5O4S.ClH/c1-38-22-10-7-11-23-24(22)20-16-34(15-19(20)17-39-23)12-5-6-13-35-29(36)27-25(33-30(35)37)26-28(40-27)31-14-21(32-26)18-8-3-2-4-9-18;/h2-4,7-11,14,19-20H,5-6,12-13,15-17H2,1H3,(H,33,37);1H/t19-,20+;/m1./s1. The first kappa shape index (κ1) is 27.4. The molecule has 212 valence electrons. The highest BCUT2D eigenvalue weighted by molar-refractivity contribution is 7.25. The number of hydrogen-bond acceptors (Lipinski definition) is 8. The zero-order valence-electron chi connectivity index (χ0n) is 22.5. The van der Waals surface area contributed by atoms with E-state index in [1.54, 1.807) is 13.3 Å². The topological polar surface area (TPSA) is 102 Å². The largest absolute Gasteiger partial charge is 0.496 e. The third-order valence-corrected chi connectivity index (χ3v) is 9.15. The van der Waals surface area contributed by atoms with E-state index < -0.39 is 5.69 Å². The van der Waals surface area contributed by atoms with Gasteiger partial charge < -0.3 is 19.4 Å². The number of fused-ring (bicyclic) bond motifs is 6. The van der Waals surface area contributed by atoms with Crippen LogP contribution in [0.1, 0.15) is 24.3 Å². The predicted octanol–water partition coefficient (Wildman–Crippen LogP) is 4.68. The van der Waals surface area contributed by atoms with Crippen LogP contribution in [0.2, 0.25) is 0 Å². The second kappa shape index (κ2) is 11.3. The maximum Gasteiger partial charge on any atom is 0.328 e. The minimum atomic E-state index is -0.405. The average molecular weight is 592 g/mol. The van der Waals surface area contributed by atoms with Gasteiger partial charge in [0.25, 0.3) is 5.56 Å². The maximum atomic E-state index is 13.3. The van der Waals surface area contributed by atoms with Gasteiger partial charge in [-0.15, -0.1) is 23.7 Å². The van der Waals surface area contributed by atoms with E-state index >= 15 is 0 Å². The van der Waals surface area contributed by atoms with Gasteiger partial charge >= 0.3 is 5.69 Å². The first-order valence-corrected chi connectivity index (χ1v) is 14.4. The molecule has 2 aliphatic rings. The highest BCUT2D eigenvalue weighted by Gasteiger charge is 2.40. The molecule has 0 radical (unpaired) electrons. The lowest BCUT2D eigenvalue weighted by atomic mass is 9.86. The molecule has 0 bridgehead atoms. The van der Waals surface area contributed by atoms with Crippen LogP contribution in [-0.4, -0.2) is 57.8 Å². The van der Waals surface area contributed by atoms with Crippen molar-refractivity contribution in [2.75, 3.05) is 33.4 Å². The van der Waals surface area contributed by atoms with Gasteiger partial charge in [0.15, 0.2) is 0 Å². The van der Waals surface area contributed by atoms with Gasteiger partial charge in [-0.25, -0.2) is 14.8 Å². The SMILES string of the molecule is COc1cccc2c1[C@H]1CN(CCCCn3c(=O)[nH]c4c(sc5ncc(-c6ccccc6)nc54)c3=O)C[C@@H]1CO2.Cl. The molecule has 0 unspecified atom stereocenters. The Balaban J connectivity index is 0.00000302. The summed E-state index contributed by atoms with van der Waals surface area (Å²) in [6, 6.07) is 15.7. The van der Waals surface area contributed by atoms with Crippen molar-refractivity contribution in [3.05, 3.63) is 81.1 Å². The molecule has 2 aromatic carbocycles. The second-order valence-corrected chi connectivity index (χ2v) is 11.5. The van der Waals surface area contributed by atoms with Crippen molar-refractivity contribution in [2.24, 2.45) is 5.92 Å². The fourth-order valence-electron chi connectivity index (χ4n) is 6.11. The van der Waals surface area contributed by atoms with Crippen molar-refractivity contribution < 1.29 is 9.47 Å². The van der Waals surface area contributed by atoms with Gasteiger partial charge in [0.2, 0.25) is 0 Å². The number of unbranched alkanes of at least 4 members (excludes halogenated alkanes) is 1. The average Bonchev–Trinajstić information content (AvgIpc) is 3.58. The molecule has 2 aliphatic heterocycles. The third-order valence-electron chi connectivity index (χ3n) is 8.08. The number of nitrogens with one attached hydrogen (secondary N) is 1. The Labute approximate surface area is 246 Å². The Morgan fingerprint density at radius 2 is 1.90 bits per heavy atom. The van der Waals surface area contributed by atoms with Crippen LogP contribution >= 0.6 is 23.7 Å².